The molecule has 0 unspecified atom stereocenters. The number of rotatable bonds is 3. The molecule has 0 bridgehead atoms. The molecule has 0 spiro atoms. The van der Waals surface area contributed by atoms with Gasteiger partial charge in [-0.15, -0.1) is 0 Å². The number of aliphatic hydroxyl groups excluding tert-OH is 1. The molecule has 1 aromatic rings. The highest BCUT2D eigenvalue weighted by molar-refractivity contribution is 6.30. The van der Waals surface area contributed by atoms with Gasteiger partial charge in [-0.05, 0) is 29.7 Å². The standard InChI is InChI=1S/C12H15ClF3NO/c1-6(2)11(18)10(17)7-3-8(12(14,15)16)5-9(13)4-7/h3-6,10-11,18H,17H2,1-2H3/t10-,11+/m0/s1. The van der Waals surface area contributed by atoms with Crippen LogP contribution in [0.3, 0.4) is 0 Å². The summed E-state index contributed by atoms with van der Waals surface area (Å²) >= 11 is 5.65. The Morgan fingerprint density at radius 2 is 1.78 bits per heavy atom. The largest absolute Gasteiger partial charge is 0.416 e. The quantitative estimate of drug-likeness (QED) is 0.892. The summed E-state index contributed by atoms with van der Waals surface area (Å²) in [5, 5.41) is 9.73. The molecule has 0 aliphatic heterocycles. The minimum atomic E-state index is -4.48. The van der Waals surface area contributed by atoms with Gasteiger partial charge in [0.05, 0.1) is 17.7 Å². The summed E-state index contributed by atoms with van der Waals surface area (Å²) in [5.41, 5.74) is 5.06. The molecule has 0 heterocycles. The monoisotopic (exact) mass is 281 g/mol. The summed E-state index contributed by atoms with van der Waals surface area (Å²) in [7, 11) is 0. The molecule has 2 atom stereocenters. The zero-order valence-corrected chi connectivity index (χ0v) is 10.8. The SMILES string of the molecule is CC(C)[C@@H](O)[C@@H](N)c1cc(Cl)cc(C(F)(F)F)c1. The number of alkyl halides is 3. The van der Waals surface area contributed by atoms with Gasteiger partial charge >= 0.3 is 6.18 Å². The highest BCUT2D eigenvalue weighted by atomic mass is 35.5. The molecule has 0 fully saturated rings. The van der Waals surface area contributed by atoms with E-state index in [9.17, 15) is 18.3 Å². The fourth-order valence-corrected chi connectivity index (χ4v) is 1.82. The molecule has 0 amide bonds. The van der Waals surface area contributed by atoms with Crippen molar-refractivity contribution in [2.75, 3.05) is 0 Å². The van der Waals surface area contributed by atoms with Crippen molar-refractivity contribution >= 4 is 11.6 Å². The summed E-state index contributed by atoms with van der Waals surface area (Å²) in [6.45, 7) is 3.47. The minimum Gasteiger partial charge on any atom is -0.391 e. The Morgan fingerprint density at radius 3 is 2.22 bits per heavy atom. The number of halogens is 4. The van der Waals surface area contributed by atoms with E-state index in [4.69, 9.17) is 17.3 Å². The Morgan fingerprint density at radius 1 is 1.22 bits per heavy atom. The van der Waals surface area contributed by atoms with Crippen LogP contribution in [0.1, 0.15) is 31.0 Å². The number of nitrogens with two attached hydrogens (primary N) is 1. The van der Waals surface area contributed by atoms with E-state index in [0.29, 0.717) is 0 Å². The van der Waals surface area contributed by atoms with Crippen LogP contribution >= 0.6 is 11.6 Å². The molecule has 102 valence electrons. The smallest absolute Gasteiger partial charge is 0.391 e. The van der Waals surface area contributed by atoms with Crippen LogP contribution in [0.15, 0.2) is 18.2 Å². The van der Waals surface area contributed by atoms with Gasteiger partial charge in [0.15, 0.2) is 0 Å². The van der Waals surface area contributed by atoms with Crippen LogP contribution in [0, 0.1) is 5.92 Å². The minimum absolute atomic E-state index is 0.0498. The Labute approximate surface area is 109 Å². The Hall–Kier alpha value is -0.780. The van der Waals surface area contributed by atoms with Gasteiger partial charge < -0.3 is 10.8 Å². The lowest BCUT2D eigenvalue weighted by atomic mass is 9.93. The van der Waals surface area contributed by atoms with Crippen LogP contribution in [0.4, 0.5) is 13.2 Å². The van der Waals surface area contributed by atoms with Crippen LogP contribution in [-0.4, -0.2) is 11.2 Å². The molecule has 0 saturated heterocycles. The molecule has 0 aliphatic carbocycles. The predicted octanol–water partition coefficient (Wildman–Crippen LogP) is 3.38. The third-order valence-electron chi connectivity index (χ3n) is 2.68. The zero-order chi connectivity index (χ0) is 14.1. The van der Waals surface area contributed by atoms with Crippen molar-refractivity contribution in [3.05, 3.63) is 34.3 Å². The Kier molecular flexibility index (Phi) is 4.64. The second-order valence-electron chi connectivity index (χ2n) is 4.53. The van der Waals surface area contributed by atoms with Gasteiger partial charge in [0.1, 0.15) is 0 Å². The van der Waals surface area contributed by atoms with E-state index in [0.717, 1.165) is 12.1 Å². The number of aliphatic hydroxyl groups is 1. The average molecular weight is 282 g/mol. The van der Waals surface area contributed by atoms with Crippen LogP contribution < -0.4 is 5.73 Å². The van der Waals surface area contributed by atoms with Gasteiger partial charge in [-0.2, -0.15) is 13.2 Å². The first-order valence-electron chi connectivity index (χ1n) is 5.44. The molecule has 1 rings (SSSR count). The van der Waals surface area contributed by atoms with Crippen LogP contribution in [0.25, 0.3) is 0 Å². The molecule has 1 aromatic carbocycles. The molecule has 0 saturated carbocycles. The van der Waals surface area contributed by atoms with Gasteiger partial charge in [0.2, 0.25) is 0 Å². The van der Waals surface area contributed by atoms with Gasteiger partial charge in [-0.3, -0.25) is 0 Å². The number of hydrogen-bond donors (Lipinski definition) is 2. The first-order chi connectivity index (χ1) is 8.12. The summed E-state index contributed by atoms with van der Waals surface area (Å²) in [6.07, 6.45) is -5.41. The van der Waals surface area contributed by atoms with Crippen LogP contribution in [0.5, 0.6) is 0 Å². The Bertz CT molecular complexity index is 420. The molecule has 2 nitrogen and oxygen atoms in total. The van der Waals surface area contributed by atoms with Gasteiger partial charge in [0, 0.05) is 5.02 Å². The van der Waals surface area contributed by atoms with E-state index >= 15 is 0 Å². The molecule has 3 N–H and O–H groups in total. The molecule has 6 heteroatoms. The van der Waals surface area contributed by atoms with Crippen molar-refractivity contribution in [2.45, 2.75) is 32.2 Å². The lowest BCUT2D eigenvalue weighted by molar-refractivity contribution is -0.137. The average Bonchev–Trinajstić information content (AvgIpc) is 2.24. The normalized spacial score (nSPS) is 15.8. The van der Waals surface area contributed by atoms with E-state index in [1.807, 2.05) is 0 Å². The summed E-state index contributed by atoms with van der Waals surface area (Å²) in [6, 6.07) is 2.19. The lowest BCUT2D eigenvalue weighted by Crippen LogP contribution is -2.30. The third-order valence-corrected chi connectivity index (χ3v) is 2.90. The van der Waals surface area contributed by atoms with Crippen molar-refractivity contribution in [3.63, 3.8) is 0 Å². The van der Waals surface area contributed by atoms with Crippen molar-refractivity contribution in [1.82, 2.24) is 0 Å². The van der Waals surface area contributed by atoms with Crippen molar-refractivity contribution in [3.8, 4) is 0 Å². The van der Waals surface area contributed by atoms with Gasteiger partial charge in [-0.25, -0.2) is 0 Å². The fraction of sp³-hybridized carbons (Fsp3) is 0.500. The molecule has 0 radical (unpaired) electrons. The van der Waals surface area contributed by atoms with E-state index in [1.165, 1.54) is 6.07 Å². The van der Waals surface area contributed by atoms with E-state index in [-0.39, 0.29) is 16.5 Å². The highest BCUT2D eigenvalue weighted by Crippen LogP contribution is 2.33. The fourth-order valence-electron chi connectivity index (χ4n) is 1.58. The van der Waals surface area contributed by atoms with Gasteiger partial charge in [0.25, 0.3) is 0 Å². The highest BCUT2D eigenvalue weighted by Gasteiger charge is 2.32. The predicted molar refractivity (Wildman–Crippen MR) is 64.2 cm³/mol. The van der Waals surface area contributed by atoms with E-state index < -0.39 is 23.9 Å². The first-order valence-corrected chi connectivity index (χ1v) is 5.82. The molecular weight excluding hydrogens is 267 g/mol. The second kappa shape index (κ2) is 5.47. The molecule has 0 aliphatic rings. The number of benzene rings is 1. The third kappa shape index (κ3) is 3.60. The lowest BCUT2D eigenvalue weighted by Gasteiger charge is -2.23. The first kappa shape index (κ1) is 15.3. The molecular formula is C12H15ClF3NO. The van der Waals surface area contributed by atoms with Crippen LogP contribution in [0.2, 0.25) is 5.02 Å². The summed E-state index contributed by atoms with van der Waals surface area (Å²) in [4.78, 5) is 0. The maximum Gasteiger partial charge on any atom is 0.416 e. The van der Waals surface area contributed by atoms with Crippen molar-refractivity contribution < 1.29 is 18.3 Å². The van der Waals surface area contributed by atoms with Crippen molar-refractivity contribution in [1.29, 1.82) is 0 Å². The molecule has 18 heavy (non-hydrogen) atoms. The van der Waals surface area contributed by atoms with Crippen molar-refractivity contribution in [2.24, 2.45) is 11.7 Å². The summed E-state index contributed by atoms with van der Waals surface area (Å²) < 4.78 is 37.8. The number of hydrogen-bond acceptors (Lipinski definition) is 2. The van der Waals surface area contributed by atoms with Gasteiger partial charge in [-0.1, -0.05) is 25.4 Å². The zero-order valence-electron chi connectivity index (χ0n) is 10.0. The van der Waals surface area contributed by atoms with Crippen LogP contribution in [-0.2, 0) is 6.18 Å². The van der Waals surface area contributed by atoms with E-state index in [1.54, 1.807) is 13.8 Å². The topological polar surface area (TPSA) is 46.2 Å². The maximum absolute atomic E-state index is 12.6. The Balaban J connectivity index is 3.14. The van der Waals surface area contributed by atoms with E-state index in [2.05, 4.69) is 0 Å². The summed E-state index contributed by atoms with van der Waals surface area (Å²) in [5.74, 6) is -0.159. The molecule has 0 aromatic heterocycles. The maximum atomic E-state index is 12.6. The second-order valence-corrected chi connectivity index (χ2v) is 4.97.